The van der Waals surface area contributed by atoms with Crippen LogP contribution in [0.25, 0.3) is 6.08 Å². The van der Waals surface area contributed by atoms with Crippen LogP contribution in [0.15, 0.2) is 60.2 Å². The average molecular weight is 357 g/mol. The number of carbonyl (C=O) groups excluding carboxylic acids is 1. The van der Waals surface area contributed by atoms with Gasteiger partial charge in [0.25, 0.3) is 0 Å². The zero-order chi connectivity index (χ0) is 19.5. The van der Waals surface area contributed by atoms with E-state index in [1.165, 1.54) is 6.08 Å². The van der Waals surface area contributed by atoms with Crippen molar-refractivity contribution < 1.29 is 14.3 Å². The number of ether oxygens (including phenoxy) is 2. The van der Waals surface area contributed by atoms with E-state index in [0.29, 0.717) is 0 Å². The lowest BCUT2D eigenvalue weighted by atomic mass is 9.88. The second-order valence-electron chi connectivity index (χ2n) is 6.54. The van der Waals surface area contributed by atoms with Gasteiger partial charge in [0.15, 0.2) is 0 Å². The van der Waals surface area contributed by atoms with Gasteiger partial charge < -0.3 is 15.2 Å². The Balaban J connectivity index is 2.83. The number of amides is 1. The van der Waals surface area contributed by atoms with Crippen molar-refractivity contribution in [3.05, 3.63) is 65.8 Å². The molecule has 0 bridgehead atoms. The van der Waals surface area contributed by atoms with Crippen molar-refractivity contribution in [3.63, 3.8) is 0 Å². The number of benzene rings is 1. The van der Waals surface area contributed by atoms with E-state index < -0.39 is 5.91 Å². The van der Waals surface area contributed by atoms with Gasteiger partial charge in [-0.2, -0.15) is 0 Å². The number of hydrogen-bond acceptors (Lipinski definition) is 3. The third-order valence-electron chi connectivity index (χ3n) is 4.41. The molecular formula is C22H31NO3. The number of methoxy groups -OCH3 is 2. The summed E-state index contributed by atoms with van der Waals surface area (Å²) < 4.78 is 11.4. The van der Waals surface area contributed by atoms with Crippen LogP contribution in [0.3, 0.4) is 0 Å². The minimum absolute atomic E-state index is 0.0296. The van der Waals surface area contributed by atoms with Gasteiger partial charge >= 0.3 is 0 Å². The molecule has 1 rings (SSSR count). The van der Waals surface area contributed by atoms with Gasteiger partial charge in [0, 0.05) is 32.1 Å². The Labute approximate surface area is 157 Å². The number of carbonyl (C=O) groups is 1. The van der Waals surface area contributed by atoms with Crippen molar-refractivity contribution in [2.24, 2.45) is 17.6 Å². The second kappa shape index (κ2) is 11.4. The van der Waals surface area contributed by atoms with Crippen LogP contribution in [-0.2, 0) is 14.3 Å². The summed E-state index contributed by atoms with van der Waals surface area (Å²) in [6.45, 7) is 6.06. The van der Waals surface area contributed by atoms with Crippen LogP contribution in [0.1, 0.15) is 26.3 Å². The predicted molar refractivity (Wildman–Crippen MR) is 107 cm³/mol. The molecule has 0 spiro atoms. The third kappa shape index (κ3) is 7.38. The molecule has 2 N–H and O–H groups in total. The standard InChI is InChI=1S/C22H31NO3/c1-16(15-21(23)24)11-12-17(2)22(26-5)18(3)20(25-4)14-13-19-9-7-6-8-10-19/h6-15,17-18,20,22H,1-5H3,(H2,23,24)/b12-11+,14-13+,16-15+/t17?,18?,20?,22-/m0/s1. The maximum Gasteiger partial charge on any atom is 0.241 e. The molecule has 4 atom stereocenters. The number of rotatable bonds is 10. The van der Waals surface area contributed by atoms with Crippen molar-refractivity contribution in [2.75, 3.05) is 14.2 Å². The van der Waals surface area contributed by atoms with Gasteiger partial charge in [0.1, 0.15) is 0 Å². The second-order valence-corrected chi connectivity index (χ2v) is 6.54. The number of hydrogen-bond donors (Lipinski definition) is 1. The summed E-state index contributed by atoms with van der Waals surface area (Å²) in [5.41, 5.74) is 7.13. The Morgan fingerprint density at radius 1 is 1.08 bits per heavy atom. The Bertz CT molecular complexity index is 634. The fourth-order valence-electron chi connectivity index (χ4n) is 3.02. The maximum atomic E-state index is 10.9. The molecule has 0 aliphatic rings. The first-order chi connectivity index (χ1) is 12.4. The van der Waals surface area contributed by atoms with Crippen molar-refractivity contribution in [2.45, 2.75) is 33.0 Å². The summed E-state index contributed by atoms with van der Waals surface area (Å²) in [5.74, 6) is -0.152. The van der Waals surface area contributed by atoms with E-state index in [1.54, 1.807) is 14.2 Å². The molecule has 0 aromatic heterocycles. The highest BCUT2D eigenvalue weighted by Gasteiger charge is 2.27. The number of nitrogens with two attached hydrogens (primary N) is 1. The number of primary amides is 1. The van der Waals surface area contributed by atoms with Crippen LogP contribution >= 0.6 is 0 Å². The van der Waals surface area contributed by atoms with Gasteiger partial charge in [-0.05, 0) is 18.1 Å². The molecule has 4 heteroatoms. The Morgan fingerprint density at radius 2 is 1.73 bits per heavy atom. The molecule has 0 saturated carbocycles. The normalized spacial score (nSPS) is 17.3. The van der Waals surface area contributed by atoms with Crippen LogP contribution < -0.4 is 5.73 Å². The van der Waals surface area contributed by atoms with Gasteiger partial charge in [-0.15, -0.1) is 0 Å². The lowest BCUT2D eigenvalue weighted by molar-refractivity contribution is -0.113. The van der Waals surface area contributed by atoms with Gasteiger partial charge in [-0.3, -0.25) is 4.79 Å². The molecule has 0 aliphatic heterocycles. The smallest absolute Gasteiger partial charge is 0.241 e. The van der Waals surface area contributed by atoms with Crippen LogP contribution in [0, 0.1) is 11.8 Å². The van der Waals surface area contributed by atoms with Crippen molar-refractivity contribution in [1.82, 2.24) is 0 Å². The van der Waals surface area contributed by atoms with Crippen molar-refractivity contribution in [1.29, 1.82) is 0 Å². The summed E-state index contributed by atoms with van der Waals surface area (Å²) in [4.78, 5) is 10.9. The molecule has 1 amide bonds. The van der Waals surface area contributed by atoms with E-state index in [4.69, 9.17) is 15.2 Å². The zero-order valence-corrected chi connectivity index (χ0v) is 16.4. The first-order valence-corrected chi connectivity index (χ1v) is 8.83. The quantitative estimate of drug-likeness (QED) is 0.509. The predicted octanol–water partition coefficient (Wildman–Crippen LogP) is 3.99. The van der Waals surface area contributed by atoms with Crippen LogP contribution in [0.4, 0.5) is 0 Å². The Morgan fingerprint density at radius 3 is 2.27 bits per heavy atom. The van der Waals surface area contributed by atoms with Gasteiger partial charge in [-0.1, -0.05) is 68.5 Å². The van der Waals surface area contributed by atoms with E-state index in [0.717, 1.165) is 11.1 Å². The molecule has 1 aromatic carbocycles. The van der Waals surface area contributed by atoms with Gasteiger partial charge in [0.05, 0.1) is 12.2 Å². The van der Waals surface area contributed by atoms with Crippen LogP contribution in [-0.4, -0.2) is 32.3 Å². The highest BCUT2D eigenvalue weighted by molar-refractivity contribution is 5.86. The lowest BCUT2D eigenvalue weighted by Gasteiger charge is -2.30. The zero-order valence-electron chi connectivity index (χ0n) is 16.4. The molecule has 0 aliphatic carbocycles. The molecule has 4 nitrogen and oxygen atoms in total. The van der Waals surface area contributed by atoms with Crippen LogP contribution in [0.5, 0.6) is 0 Å². The molecule has 142 valence electrons. The van der Waals surface area contributed by atoms with E-state index in [2.05, 4.69) is 38.1 Å². The molecule has 26 heavy (non-hydrogen) atoms. The molecule has 1 aromatic rings. The fraction of sp³-hybridized carbons (Fsp3) is 0.409. The molecule has 0 radical (unpaired) electrons. The highest BCUT2D eigenvalue weighted by atomic mass is 16.5. The Kier molecular flexibility index (Phi) is 9.63. The van der Waals surface area contributed by atoms with Crippen molar-refractivity contribution >= 4 is 12.0 Å². The largest absolute Gasteiger partial charge is 0.380 e. The summed E-state index contributed by atoms with van der Waals surface area (Å²) in [6, 6.07) is 10.1. The highest BCUT2D eigenvalue weighted by Crippen LogP contribution is 2.24. The third-order valence-corrected chi connectivity index (χ3v) is 4.41. The monoisotopic (exact) mass is 357 g/mol. The molecule has 0 heterocycles. The fourth-order valence-corrected chi connectivity index (χ4v) is 3.02. The minimum atomic E-state index is -0.443. The lowest BCUT2D eigenvalue weighted by Crippen LogP contribution is -2.35. The number of allylic oxidation sites excluding steroid dienone is 2. The van der Waals surface area contributed by atoms with E-state index >= 15 is 0 Å². The minimum Gasteiger partial charge on any atom is -0.380 e. The molecule has 0 saturated heterocycles. The Hall–Kier alpha value is -2.17. The van der Waals surface area contributed by atoms with Gasteiger partial charge in [-0.25, -0.2) is 0 Å². The first kappa shape index (κ1) is 21.9. The maximum absolute atomic E-state index is 10.9. The molecular weight excluding hydrogens is 326 g/mol. The SMILES string of the molecule is COC(/C=C/c1ccccc1)C(C)[C@@H](OC)C(C)/C=C/C(C)=C/C(N)=O. The summed E-state index contributed by atoms with van der Waals surface area (Å²) in [7, 11) is 3.43. The van der Waals surface area contributed by atoms with E-state index in [1.807, 2.05) is 37.3 Å². The molecule has 0 fully saturated rings. The van der Waals surface area contributed by atoms with E-state index in [9.17, 15) is 4.79 Å². The summed E-state index contributed by atoms with van der Waals surface area (Å²) in [6.07, 6.45) is 9.38. The van der Waals surface area contributed by atoms with Crippen molar-refractivity contribution in [3.8, 4) is 0 Å². The summed E-state index contributed by atoms with van der Waals surface area (Å²) >= 11 is 0. The average Bonchev–Trinajstić information content (AvgIpc) is 2.61. The first-order valence-electron chi connectivity index (χ1n) is 8.83. The summed E-state index contributed by atoms with van der Waals surface area (Å²) in [5, 5.41) is 0. The molecule has 3 unspecified atom stereocenters. The van der Waals surface area contributed by atoms with Crippen LogP contribution in [0.2, 0.25) is 0 Å². The van der Waals surface area contributed by atoms with E-state index in [-0.39, 0.29) is 24.0 Å². The topological polar surface area (TPSA) is 61.6 Å². The van der Waals surface area contributed by atoms with Gasteiger partial charge in [0.2, 0.25) is 5.91 Å².